The molecule has 2 heterocycles. The molecule has 2 N–H and O–H groups in total. The minimum absolute atomic E-state index is 0.259. The highest BCUT2D eigenvalue weighted by Gasteiger charge is 2.08. The summed E-state index contributed by atoms with van der Waals surface area (Å²) in [5.41, 5.74) is 5.94. The van der Waals surface area contributed by atoms with Gasteiger partial charge in [0.25, 0.3) is 0 Å². The molecule has 0 aliphatic rings. The van der Waals surface area contributed by atoms with Crippen molar-refractivity contribution in [2.75, 3.05) is 5.73 Å². The van der Waals surface area contributed by atoms with E-state index in [0.717, 1.165) is 4.57 Å². The summed E-state index contributed by atoms with van der Waals surface area (Å²) in [6.45, 7) is -2.27. The fourth-order valence-corrected chi connectivity index (χ4v) is 1.63. The van der Waals surface area contributed by atoms with Crippen LogP contribution in [0.5, 0.6) is 0 Å². The van der Waals surface area contributed by atoms with Crippen molar-refractivity contribution in [3.63, 3.8) is 0 Å². The van der Waals surface area contributed by atoms with Crippen molar-refractivity contribution in [1.82, 2.24) is 14.5 Å². The molecule has 0 aromatic carbocycles. The van der Waals surface area contributed by atoms with Crippen molar-refractivity contribution >= 4 is 32.8 Å². The molecule has 0 atom stereocenters. The third-order valence-electron chi connectivity index (χ3n) is 1.57. The van der Waals surface area contributed by atoms with Crippen molar-refractivity contribution in [3.05, 3.63) is 17.0 Å². The lowest BCUT2D eigenvalue weighted by Gasteiger charge is -1.95. The van der Waals surface area contributed by atoms with Gasteiger partial charge in [-0.1, -0.05) is 0 Å². The quantitative estimate of drug-likeness (QED) is 0.742. The number of nitrogens with two attached hydrogens (primary N) is 1. The van der Waals surface area contributed by atoms with E-state index in [9.17, 15) is 0 Å². The van der Waals surface area contributed by atoms with Crippen molar-refractivity contribution < 1.29 is 4.11 Å². The van der Waals surface area contributed by atoms with E-state index in [-0.39, 0.29) is 5.82 Å². The number of hydrogen-bond acceptors (Lipinski definition) is 3. The maximum absolute atomic E-state index is 7.31. The number of fused-ring (bicyclic) bond motifs is 1. The van der Waals surface area contributed by atoms with Crippen LogP contribution in [0.4, 0.5) is 5.82 Å². The summed E-state index contributed by atoms with van der Waals surface area (Å²) in [7, 11) is 0. The molecule has 0 saturated carbocycles. The van der Waals surface area contributed by atoms with Gasteiger partial charge < -0.3 is 10.3 Å². The first kappa shape index (κ1) is 4.81. The predicted octanol–water partition coefficient (Wildman–Crippen LogP) is 1.31. The summed E-state index contributed by atoms with van der Waals surface area (Å²) in [6.07, 6.45) is 2.68. The molecule has 0 bridgehead atoms. The maximum atomic E-state index is 7.31. The molecule has 0 radical (unpaired) electrons. The van der Waals surface area contributed by atoms with E-state index in [4.69, 9.17) is 9.85 Å². The highest BCUT2D eigenvalue weighted by molar-refractivity contribution is 9.10. The van der Waals surface area contributed by atoms with Crippen molar-refractivity contribution in [1.29, 1.82) is 0 Å². The maximum Gasteiger partial charge on any atom is 0.146 e. The molecule has 5 heteroatoms. The van der Waals surface area contributed by atoms with E-state index in [1.165, 1.54) is 12.5 Å². The molecule has 0 aliphatic heterocycles. The van der Waals surface area contributed by atoms with Crippen LogP contribution in [0.25, 0.3) is 11.0 Å². The third-order valence-corrected chi connectivity index (χ3v) is 2.17. The molecular formula is C7H7BrN4. The van der Waals surface area contributed by atoms with E-state index >= 15 is 0 Å². The number of anilines is 1. The van der Waals surface area contributed by atoms with Crippen LogP contribution in [-0.4, -0.2) is 14.5 Å². The summed E-state index contributed by atoms with van der Waals surface area (Å²) < 4.78 is 23.6. The lowest BCUT2D eigenvalue weighted by Crippen LogP contribution is -1.94. The van der Waals surface area contributed by atoms with Crippen LogP contribution in [0, 0.1) is 0 Å². The van der Waals surface area contributed by atoms with Crippen LogP contribution >= 0.6 is 15.9 Å². The summed E-state index contributed by atoms with van der Waals surface area (Å²) in [5, 5.41) is 0.522. The number of aryl methyl sites for hydroxylation is 1. The van der Waals surface area contributed by atoms with Crippen molar-refractivity contribution in [2.24, 2.45) is 6.98 Å². The first-order valence-electron chi connectivity index (χ1n) is 4.69. The Labute approximate surface area is 81.8 Å². The number of hydrogen-bond donors (Lipinski definition) is 1. The largest absolute Gasteiger partial charge is 0.383 e. The SMILES string of the molecule is [2H]C([2H])([2H])n1cc(Br)c2c(N)ncnc21. The molecule has 62 valence electrons. The van der Waals surface area contributed by atoms with Gasteiger partial charge in [-0.15, -0.1) is 0 Å². The number of halogens is 1. The fraction of sp³-hybridized carbons (Fsp3) is 0.143. The molecule has 0 fully saturated rings. The molecule has 0 spiro atoms. The molecular weight excluding hydrogens is 220 g/mol. The zero-order chi connectivity index (χ0) is 11.2. The van der Waals surface area contributed by atoms with Crippen LogP contribution in [0.2, 0.25) is 0 Å². The average molecular weight is 230 g/mol. The second-order valence-electron chi connectivity index (χ2n) is 2.30. The Hall–Kier alpha value is -1.10. The first-order valence-corrected chi connectivity index (χ1v) is 3.98. The highest BCUT2D eigenvalue weighted by atomic mass is 79.9. The molecule has 0 unspecified atom stereocenters. The zero-order valence-electron chi connectivity index (χ0n) is 8.95. The minimum atomic E-state index is -2.27. The van der Waals surface area contributed by atoms with E-state index in [1.54, 1.807) is 0 Å². The molecule has 4 nitrogen and oxygen atoms in total. The van der Waals surface area contributed by atoms with E-state index in [1.807, 2.05) is 0 Å². The number of nitrogens with zero attached hydrogens (tertiary/aromatic N) is 3. The lowest BCUT2D eigenvalue weighted by atomic mass is 10.4. The van der Waals surface area contributed by atoms with Gasteiger partial charge in [0.05, 0.1) is 5.39 Å². The number of rotatable bonds is 0. The Morgan fingerprint density at radius 2 is 2.50 bits per heavy atom. The standard InChI is InChI=1S/C7H7BrN4/c1-12-2-4(8)5-6(9)10-3-11-7(5)12/h2-3H,1H3,(H2,9,10,11)/i1D3. The molecule has 0 saturated heterocycles. The smallest absolute Gasteiger partial charge is 0.146 e. The summed E-state index contributed by atoms with van der Waals surface area (Å²) in [6, 6.07) is 0. The number of aromatic nitrogens is 3. The van der Waals surface area contributed by atoms with Gasteiger partial charge in [-0.25, -0.2) is 9.97 Å². The molecule has 2 aromatic rings. The van der Waals surface area contributed by atoms with Gasteiger partial charge in [-0.2, -0.15) is 0 Å². The first-order chi connectivity index (χ1) is 6.91. The van der Waals surface area contributed by atoms with E-state index < -0.39 is 6.98 Å². The fourth-order valence-electron chi connectivity index (χ4n) is 1.04. The third kappa shape index (κ3) is 0.896. The second-order valence-corrected chi connectivity index (χ2v) is 3.16. The Balaban J connectivity index is 2.85. The van der Waals surface area contributed by atoms with E-state index in [2.05, 4.69) is 25.9 Å². The van der Waals surface area contributed by atoms with Gasteiger partial charge in [0, 0.05) is 21.8 Å². The Bertz CT molecular complexity index is 519. The van der Waals surface area contributed by atoms with Gasteiger partial charge in [-0.3, -0.25) is 0 Å². The molecule has 0 amide bonds. The topological polar surface area (TPSA) is 56.7 Å². The molecule has 2 rings (SSSR count). The van der Waals surface area contributed by atoms with Crippen molar-refractivity contribution in [2.45, 2.75) is 0 Å². The van der Waals surface area contributed by atoms with Gasteiger partial charge in [-0.05, 0) is 15.9 Å². The van der Waals surface area contributed by atoms with Crippen molar-refractivity contribution in [3.8, 4) is 0 Å². The van der Waals surface area contributed by atoms with Gasteiger partial charge in [0.2, 0.25) is 0 Å². The van der Waals surface area contributed by atoms with Crippen LogP contribution in [0.3, 0.4) is 0 Å². The average Bonchev–Trinajstić information content (AvgIpc) is 2.44. The summed E-state index contributed by atoms with van der Waals surface area (Å²) in [4.78, 5) is 7.71. The van der Waals surface area contributed by atoms with E-state index in [0.29, 0.717) is 15.5 Å². The number of nitrogen functional groups attached to an aromatic ring is 1. The lowest BCUT2D eigenvalue weighted by molar-refractivity contribution is 0.942. The predicted molar refractivity (Wildman–Crippen MR) is 50.6 cm³/mol. The molecule has 0 aliphatic carbocycles. The second kappa shape index (κ2) is 2.45. The monoisotopic (exact) mass is 229 g/mol. The van der Waals surface area contributed by atoms with Gasteiger partial charge in [0.1, 0.15) is 17.8 Å². The van der Waals surface area contributed by atoms with Gasteiger partial charge in [0.15, 0.2) is 0 Å². The van der Waals surface area contributed by atoms with Crippen LogP contribution < -0.4 is 5.73 Å². The summed E-state index contributed by atoms with van der Waals surface area (Å²) >= 11 is 3.23. The van der Waals surface area contributed by atoms with Crippen LogP contribution in [0.1, 0.15) is 4.11 Å². The molecule has 12 heavy (non-hydrogen) atoms. The van der Waals surface area contributed by atoms with Crippen LogP contribution in [-0.2, 0) is 6.98 Å². The molecule has 2 aromatic heterocycles. The normalized spacial score (nSPS) is 15.6. The summed E-state index contributed by atoms with van der Waals surface area (Å²) in [5.74, 6) is 0.259. The zero-order valence-corrected chi connectivity index (χ0v) is 7.54. The Morgan fingerprint density at radius 1 is 1.67 bits per heavy atom. The Morgan fingerprint density at radius 3 is 3.25 bits per heavy atom. The highest BCUT2D eigenvalue weighted by Crippen LogP contribution is 2.26. The van der Waals surface area contributed by atoms with Crippen LogP contribution in [0.15, 0.2) is 17.0 Å². The minimum Gasteiger partial charge on any atom is -0.383 e. The Kier molecular flexibility index (Phi) is 0.981. The van der Waals surface area contributed by atoms with Gasteiger partial charge >= 0.3 is 0 Å².